The highest BCUT2D eigenvalue weighted by atomic mass is 32.2. The van der Waals surface area contributed by atoms with Gasteiger partial charge in [-0.15, -0.1) is 17.7 Å². The fourth-order valence-corrected chi connectivity index (χ4v) is 3.48. The fraction of sp³-hybridized carbons (Fsp3) is 0.583. The van der Waals surface area contributed by atoms with Crippen molar-refractivity contribution >= 4 is 23.7 Å². The molecule has 0 aliphatic rings. The second-order valence-electron chi connectivity index (χ2n) is 6.83. The molecule has 0 amide bonds. The van der Waals surface area contributed by atoms with Crippen LogP contribution >= 0.6 is 11.8 Å². The van der Waals surface area contributed by atoms with Crippen LogP contribution in [-0.4, -0.2) is 52.4 Å². The molecule has 31 heavy (non-hydrogen) atoms. The van der Waals surface area contributed by atoms with Gasteiger partial charge in [-0.05, 0) is 25.3 Å². The molecule has 0 saturated heterocycles. The summed E-state index contributed by atoms with van der Waals surface area (Å²) in [5.74, 6) is 10.8. The number of aliphatic carboxylic acids is 1. The number of aliphatic hydroxyl groups excluding tert-OH is 1. The number of carbonyl (C=O) groups excluding carboxylic acids is 1. The van der Waals surface area contributed by atoms with Gasteiger partial charge in [0.05, 0.1) is 19.6 Å². The molecule has 4 N–H and O–H groups in total. The van der Waals surface area contributed by atoms with E-state index in [2.05, 4.69) is 35.3 Å². The van der Waals surface area contributed by atoms with E-state index in [0.717, 1.165) is 12.8 Å². The number of carbonyl (C=O) groups is 2. The van der Waals surface area contributed by atoms with Crippen LogP contribution in [0.3, 0.4) is 0 Å². The average molecular weight is 450 g/mol. The Morgan fingerprint density at radius 2 is 1.94 bits per heavy atom. The third-order valence-corrected chi connectivity index (χ3v) is 5.58. The Labute approximate surface area is 190 Å². The van der Waals surface area contributed by atoms with Gasteiger partial charge in [-0.3, -0.25) is 9.59 Å². The molecule has 0 bridgehead atoms. The topological polar surface area (TPSA) is 110 Å². The number of nitrogens with two attached hydrogens (primary N) is 1. The van der Waals surface area contributed by atoms with Crippen LogP contribution in [0.2, 0.25) is 0 Å². The first-order chi connectivity index (χ1) is 14.9. The van der Waals surface area contributed by atoms with Crippen LogP contribution in [0.4, 0.5) is 0 Å². The zero-order chi connectivity index (χ0) is 23.3. The van der Waals surface area contributed by atoms with E-state index in [9.17, 15) is 14.7 Å². The lowest BCUT2D eigenvalue weighted by Crippen LogP contribution is -2.34. The Hall–Kier alpha value is -2.19. The number of carboxylic acids is 1. The number of rotatable bonds is 14. The van der Waals surface area contributed by atoms with Gasteiger partial charge in [-0.1, -0.05) is 55.8 Å². The first-order valence-electron chi connectivity index (χ1n) is 10.5. The van der Waals surface area contributed by atoms with Crippen molar-refractivity contribution in [2.45, 2.75) is 75.7 Å². The monoisotopic (exact) mass is 449 g/mol. The van der Waals surface area contributed by atoms with Crippen LogP contribution in [0.25, 0.3) is 0 Å². The highest BCUT2D eigenvalue weighted by Gasteiger charge is 2.20. The molecule has 0 saturated carbocycles. The van der Waals surface area contributed by atoms with Crippen molar-refractivity contribution < 1.29 is 24.5 Å². The first kappa shape index (κ1) is 28.8. The minimum Gasteiger partial charge on any atom is -0.480 e. The molecule has 0 aromatic carbocycles. The fourth-order valence-electron chi connectivity index (χ4n) is 2.35. The summed E-state index contributed by atoms with van der Waals surface area (Å²) >= 11 is 1.27. The van der Waals surface area contributed by atoms with Gasteiger partial charge in [0.2, 0.25) is 0 Å². The van der Waals surface area contributed by atoms with Crippen LogP contribution in [0.1, 0.15) is 58.3 Å². The van der Waals surface area contributed by atoms with Crippen molar-refractivity contribution in [1.29, 1.82) is 0 Å². The normalized spacial score (nSPS) is 13.7. The molecule has 0 aromatic heterocycles. The molecule has 172 valence electrons. The molecule has 0 spiro atoms. The maximum atomic E-state index is 11.2. The molecule has 0 heterocycles. The Balaban J connectivity index is 4.63. The van der Waals surface area contributed by atoms with Gasteiger partial charge in [0, 0.05) is 23.8 Å². The summed E-state index contributed by atoms with van der Waals surface area (Å²) in [6.07, 6.45) is 12.3. The van der Waals surface area contributed by atoms with Crippen LogP contribution in [0, 0.1) is 23.7 Å². The number of methoxy groups -OCH3 is 1. The minimum absolute atomic E-state index is 0.166. The quantitative estimate of drug-likeness (QED) is 0.162. The summed E-state index contributed by atoms with van der Waals surface area (Å²) in [5, 5.41) is 19.0. The van der Waals surface area contributed by atoms with Gasteiger partial charge in [0.25, 0.3) is 0 Å². The Morgan fingerprint density at radius 1 is 1.16 bits per heavy atom. The largest absolute Gasteiger partial charge is 0.480 e. The lowest BCUT2D eigenvalue weighted by molar-refractivity contribution is -0.141. The number of esters is 1. The first-order valence-corrected chi connectivity index (χ1v) is 11.6. The highest BCUT2D eigenvalue weighted by Crippen LogP contribution is 2.21. The summed E-state index contributed by atoms with van der Waals surface area (Å²) in [6, 6.07) is -1.01. The number of carboxylic acid groups (broad SMARTS) is 1. The number of unbranched alkanes of at least 4 members (excludes halogenated alkanes) is 3. The van der Waals surface area contributed by atoms with E-state index in [1.54, 1.807) is 24.3 Å². The van der Waals surface area contributed by atoms with E-state index in [1.165, 1.54) is 31.7 Å². The molecule has 0 aliphatic carbocycles. The van der Waals surface area contributed by atoms with Crippen LogP contribution < -0.4 is 5.73 Å². The SMILES string of the molecule is CCCCCC#CCC#CC=CC=C[C@H](SC[C@H](N)C(=O)O)[C@H](O)CCCC(=O)OC. The molecular formula is C24H35NO5S. The summed E-state index contributed by atoms with van der Waals surface area (Å²) in [5.41, 5.74) is 5.56. The van der Waals surface area contributed by atoms with Crippen LogP contribution in [0.15, 0.2) is 24.3 Å². The van der Waals surface area contributed by atoms with Crippen molar-refractivity contribution in [3.63, 3.8) is 0 Å². The number of hydrogen-bond donors (Lipinski definition) is 3. The minimum atomic E-state index is -1.08. The summed E-state index contributed by atoms with van der Waals surface area (Å²) < 4.78 is 4.59. The van der Waals surface area contributed by atoms with Gasteiger partial charge < -0.3 is 20.7 Å². The van der Waals surface area contributed by atoms with Crippen molar-refractivity contribution in [3.8, 4) is 23.7 Å². The van der Waals surface area contributed by atoms with E-state index in [-0.39, 0.29) is 23.4 Å². The number of aliphatic hydroxyl groups is 1. The van der Waals surface area contributed by atoms with Crippen molar-refractivity contribution in [2.75, 3.05) is 12.9 Å². The van der Waals surface area contributed by atoms with Crippen molar-refractivity contribution in [3.05, 3.63) is 24.3 Å². The second kappa shape index (κ2) is 19.8. The van der Waals surface area contributed by atoms with Gasteiger partial charge >= 0.3 is 11.9 Å². The molecule has 0 aromatic rings. The zero-order valence-corrected chi connectivity index (χ0v) is 19.3. The Kier molecular flexibility index (Phi) is 18.4. The smallest absolute Gasteiger partial charge is 0.321 e. The maximum Gasteiger partial charge on any atom is 0.321 e. The van der Waals surface area contributed by atoms with Gasteiger partial charge in [0.1, 0.15) is 6.04 Å². The average Bonchev–Trinajstić information content (AvgIpc) is 2.75. The van der Waals surface area contributed by atoms with Gasteiger partial charge in [-0.2, -0.15) is 0 Å². The summed E-state index contributed by atoms with van der Waals surface area (Å²) in [4.78, 5) is 22.1. The second-order valence-corrected chi connectivity index (χ2v) is 8.04. The van der Waals surface area contributed by atoms with Crippen LogP contribution in [-0.2, 0) is 14.3 Å². The molecule has 0 radical (unpaired) electrons. The number of thioether (sulfide) groups is 1. The predicted molar refractivity (Wildman–Crippen MR) is 126 cm³/mol. The third kappa shape index (κ3) is 17.2. The molecule has 0 rings (SSSR count). The number of hydrogen-bond acceptors (Lipinski definition) is 6. The van der Waals surface area contributed by atoms with E-state index in [0.29, 0.717) is 19.3 Å². The van der Waals surface area contributed by atoms with Gasteiger partial charge in [-0.25, -0.2) is 0 Å². The standard InChI is InChI=1S/C24H35NO5S/c1-3-4-5-6-7-8-9-10-11-12-13-14-17-22(31-19-20(25)24(28)29)21(26)16-15-18-23(27)30-2/h12-14,17,20-22,26H,3-6,9,15-16,18-19,25H2,1-2H3,(H,28,29)/t20-,21+,22-/m0/s1. The van der Waals surface area contributed by atoms with E-state index in [4.69, 9.17) is 10.8 Å². The number of allylic oxidation sites excluding steroid dienone is 3. The lowest BCUT2D eigenvalue weighted by atomic mass is 10.1. The Bertz CT molecular complexity index is 696. The molecule has 0 fully saturated rings. The molecule has 7 heteroatoms. The molecule has 6 nitrogen and oxygen atoms in total. The lowest BCUT2D eigenvalue weighted by Gasteiger charge is -2.20. The number of ether oxygens (including phenoxy) is 1. The van der Waals surface area contributed by atoms with E-state index >= 15 is 0 Å². The maximum absolute atomic E-state index is 11.2. The van der Waals surface area contributed by atoms with Crippen molar-refractivity contribution in [1.82, 2.24) is 0 Å². The molecule has 3 atom stereocenters. The third-order valence-electron chi connectivity index (χ3n) is 4.17. The van der Waals surface area contributed by atoms with Crippen LogP contribution in [0.5, 0.6) is 0 Å². The molecule has 0 unspecified atom stereocenters. The molecular weight excluding hydrogens is 414 g/mol. The van der Waals surface area contributed by atoms with E-state index in [1.807, 2.05) is 0 Å². The summed E-state index contributed by atoms with van der Waals surface area (Å²) in [6.45, 7) is 2.16. The predicted octanol–water partition coefficient (Wildman–Crippen LogP) is 3.29. The molecule has 0 aliphatic heterocycles. The Morgan fingerprint density at radius 3 is 2.61 bits per heavy atom. The van der Waals surface area contributed by atoms with Crippen molar-refractivity contribution in [2.24, 2.45) is 5.73 Å². The highest BCUT2D eigenvalue weighted by molar-refractivity contribution is 8.00. The van der Waals surface area contributed by atoms with E-state index < -0.39 is 18.1 Å². The zero-order valence-electron chi connectivity index (χ0n) is 18.5. The van der Waals surface area contributed by atoms with Gasteiger partial charge in [0.15, 0.2) is 0 Å². The summed E-state index contributed by atoms with van der Waals surface area (Å²) in [7, 11) is 1.32.